The highest BCUT2D eigenvalue weighted by Crippen LogP contribution is 2.35. The van der Waals surface area contributed by atoms with Gasteiger partial charge in [0.25, 0.3) is 0 Å². The average Bonchev–Trinajstić information content (AvgIpc) is 2.92. The van der Waals surface area contributed by atoms with Crippen molar-refractivity contribution in [2.75, 3.05) is 24.5 Å². The summed E-state index contributed by atoms with van der Waals surface area (Å²) >= 11 is 6.71. The van der Waals surface area contributed by atoms with E-state index in [2.05, 4.69) is 16.5 Å². The molecule has 0 aliphatic carbocycles. The Bertz CT molecular complexity index is 1650. The van der Waals surface area contributed by atoms with Gasteiger partial charge in [0.2, 0.25) is 5.91 Å². The van der Waals surface area contributed by atoms with E-state index in [4.69, 9.17) is 16.6 Å². The fourth-order valence-electron chi connectivity index (χ4n) is 5.08. The van der Waals surface area contributed by atoms with Gasteiger partial charge in [-0.25, -0.2) is 18.7 Å². The van der Waals surface area contributed by atoms with E-state index in [1.165, 1.54) is 22.9 Å². The minimum atomic E-state index is -0.575. The van der Waals surface area contributed by atoms with Crippen LogP contribution in [-0.2, 0) is 4.79 Å². The molecule has 8 nitrogen and oxygen atoms in total. The lowest BCUT2D eigenvalue weighted by molar-refractivity contribution is -0.126. The summed E-state index contributed by atoms with van der Waals surface area (Å²) in [6, 6.07) is 10.6. The van der Waals surface area contributed by atoms with Crippen LogP contribution < -0.4 is 10.6 Å². The Morgan fingerprint density at radius 1 is 1.21 bits per heavy atom. The van der Waals surface area contributed by atoms with Crippen molar-refractivity contribution >= 4 is 34.4 Å². The van der Waals surface area contributed by atoms with Crippen LogP contribution in [0.15, 0.2) is 66.2 Å². The summed E-state index contributed by atoms with van der Waals surface area (Å²) in [6.45, 7) is 11.0. The molecular formula is C29H28ClFN6O2. The molecule has 1 saturated heterocycles. The molecule has 39 heavy (non-hydrogen) atoms. The van der Waals surface area contributed by atoms with Gasteiger partial charge in [-0.1, -0.05) is 50.2 Å². The number of nitrogens with zero attached hydrogens (tertiary/aromatic N) is 6. The molecule has 3 aromatic heterocycles. The molecule has 4 heterocycles. The minimum Gasteiger partial charge on any atom is -0.350 e. The second-order valence-corrected chi connectivity index (χ2v) is 10.3. The highest BCUT2D eigenvalue weighted by molar-refractivity contribution is 6.33. The van der Waals surface area contributed by atoms with Crippen molar-refractivity contribution in [3.8, 4) is 16.9 Å². The van der Waals surface area contributed by atoms with E-state index in [1.54, 1.807) is 11.0 Å². The molecule has 0 radical (unpaired) electrons. The van der Waals surface area contributed by atoms with Gasteiger partial charge in [-0.05, 0) is 42.7 Å². The fraction of sp³-hybridized carbons (Fsp3) is 0.276. The Morgan fingerprint density at radius 3 is 2.67 bits per heavy atom. The first-order chi connectivity index (χ1) is 18.7. The van der Waals surface area contributed by atoms with Gasteiger partial charge in [0, 0.05) is 37.4 Å². The van der Waals surface area contributed by atoms with E-state index >= 15 is 0 Å². The number of aromatic nitrogens is 4. The van der Waals surface area contributed by atoms with E-state index in [0.717, 1.165) is 11.8 Å². The highest BCUT2D eigenvalue weighted by Gasteiger charge is 2.30. The van der Waals surface area contributed by atoms with Crippen LogP contribution in [0.5, 0.6) is 0 Å². The number of amides is 1. The number of piperazine rings is 1. The summed E-state index contributed by atoms with van der Waals surface area (Å²) in [7, 11) is 0. The van der Waals surface area contributed by atoms with Crippen LogP contribution in [0.2, 0.25) is 5.02 Å². The largest absolute Gasteiger partial charge is 0.355 e. The zero-order valence-electron chi connectivity index (χ0n) is 21.9. The number of anilines is 1. The lowest BCUT2D eigenvalue weighted by atomic mass is 10.0. The zero-order valence-corrected chi connectivity index (χ0v) is 22.7. The second kappa shape index (κ2) is 10.6. The Kier molecular flexibility index (Phi) is 7.18. The van der Waals surface area contributed by atoms with Crippen molar-refractivity contribution in [3.05, 3.63) is 88.3 Å². The van der Waals surface area contributed by atoms with Crippen molar-refractivity contribution in [3.63, 3.8) is 0 Å². The molecule has 0 saturated carbocycles. The average molecular weight is 547 g/mol. The number of benzene rings is 1. The topological polar surface area (TPSA) is 84.2 Å². The predicted octanol–water partition coefficient (Wildman–Crippen LogP) is 4.98. The molecule has 1 unspecified atom stereocenters. The molecule has 200 valence electrons. The molecule has 1 aliphatic rings. The smallest absolute Gasteiger partial charge is 0.350 e. The lowest BCUT2D eigenvalue weighted by Gasteiger charge is -2.40. The van der Waals surface area contributed by atoms with Crippen LogP contribution >= 0.6 is 11.6 Å². The van der Waals surface area contributed by atoms with Gasteiger partial charge in [-0.3, -0.25) is 9.78 Å². The Labute approximate surface area is 230 Å². The van der Waals surface area contributed by atoms with Crippen LogP contribution in [0, 0.1) is 5.82 Å². The molecule has 5 rings (SSSR count). The Hall–Kier alpha value is -4.11. The fourth-order valence-corrected chi connectivity index (χ4v) is 5.33. The number of fused-ring (bicyclic) bond motifs is 1. The van der Waals surface area contributed by atoms with E-state index in [9.17, 15) is 14.0 Å². The number of hydrogen-bond donors (Lipinski definition) is 0. The van der Waals surface area contributed by atoms with Crippen molar-refractivity contribution in [2.45, 2.75) is 32.7 Å². The van der Waals surface area contributed by atoms with Crippen molar-refractivity contribution in [2.24, 2.45) is 0 Å². The first-order valence-corrected chi connectivity index (χ1v) is 13.1. The summed E-state index contributed by atoms with van der Waals surface area (Å²) in [6.07, 6.45) is 3.86. The predicted molar refractivity (Wildman–Crippen MR) is 151 cm³/mol. The van der Waals surface area contributed by atoms with Crippen LogP contribution in [-0.4, -0.2) is 56.0 Å². The third-order valence-electron chi connectivity index (χ3n) is 7.01. The number of pyridine rings is 2. The molecule has 0 spiro atoms. The minimum absolute atomic E-state index is 0.114. The van der Waals surface area contributed by atoms with Gasteiger partial charge >= 0.3 is 5.69 Å². The highest BCUT2D eigenvalue weighted by atomic mass is 35.5. The molecule has 0 N–H and O–H groups in total. The number of hydrogen-bond acceptors (Lipinski definition) is 6. The Balaban J connectivity index is 1.78. The third kappa shape index (κ3) is 4.78. The maximum Gasteiger partial charge on any atom is 0.355 e. The van der Waals surface area contributed by atoms with Crippen molar-refractivity contribution in [1.29, 1.82) is 0 Å². The summed E-state index contributed by atoms with van der Waals surface area (Å²) < 4.78 is 16.3. The van der Waals surface area contributed by atoms with Gasteiger partial charge in [0.1, 0.15) is 5.82 Å². The van der Waals surface area contributed by atoms with E-state index in [0.29, 0.717) is 42.2 Å². The molecule has 0 bridgehead atoms. The number of carbonyl (C=O) groups excluding carboxylic acids is 1. The van der Waals surface area contributed by atoms with Crippen LogP contribution in [0.25, 0.3) is 28.0 Å². The number of rotatable bonds is 5. The third-order valence-corrected chi connectivity index (χ3v) is 7.30. The quantitative estimate of drug-likeness (QED) is 0.328. The number of para-hydroxylation sites is 1. The normalized spacial score (nSPS) is 15.7. The first-order valence-electron chi connectivity index (χ1n) is 12.7. The van der Waals surface area contributed by atoms with Crippen LogP contribution in [0.1, 0.15) is 32.3 Å². The van der Waals surface area contributed by atoms with E-state index in [-0.39, 0.29) is 34.1 Å². The maximum atomic E-state index is 14.8. The van der Waals surface area contributed by atoms with Crippen molar-refractivity contribution < 1.29 is 9.18 Å². The van der Waals surface area contributed by atoms with Gasteiger partial charge in [0.15, 0.2) is 11.5 Å². The zero-order chi connectivity index (χ0) is 27.8. The van der Waals surface area contributed by atoms with Gasteiger partial charge in [0.05, 0.1) is 28.0 Å². The van der Waals surface area contributed by atoms with Crippen molar-refractivity contribution in [1.82, 2.24) is 24.4 Å². The Morgan fingerprint density at radius 2 is 1.97 bits per heavy atom. The molecular weight excluding hydrogens is 519 g/mol. The second-order valence-electron chi connectivity index (χ2n) is 9.84. The van der Waals surface area contributed by atoms with Crippen LogP contribution in [0.3, 0.4) is 0 Å². The SMILES string of the molecule is C=CC(=O)N1CCN(c2nc(=O)n(-c3ccccc3C(C)C)c3nc(-c4ccncc4F)c(Cl)cc23)C(C)C1. The molecule has 1 atom stereocenters. The summed E-state index contributed by atoms with van der Waals surface area (Å²) in [5.74, 6) is -0.187. The standard InChI is InChI=1S/C29H28ClFN6O2/c1-5-25(38)35-12-13-36(18(4)16-35)27-21-14-22(30)26(20-10-11-32-15-23(20)31)33-28(21)37(29(39)34-27)24-9-7-6-8-19(24)17(2)3/h5-11,14-15,17-18H,1,12-13,16H2,2-4H3. The summed E-state index contributed by atoms with van der Waals surface area (Å²) in [4.78, 5) is 42.9. The molecule has 10 heteroatoms. The summed E-state index contributed by atoms with van der Waals surface area (Å²) in [5, 5.41) is 0.762. The molecule has 1 aromatic carbocycles. The van der Waals surface area contributed by atoms with E-state index < -0.39 is 11.5 Å². The maximum absolute atomic E-state index is 14.8. The molecule has 1 fully saturated rings. The molecule has 1 aliphatic heterocycles. The monoisotopic (exact) mass is 546 g/mol. The lowest BCUT2D eigenvalue weighted by Crippen LogP contribution is -2.54. The number of halogens is 2. The van der Waals surface area contributed by atoms with Crippen LogP contribution in [0.4, 0.5) is 10.2 Å². The summed E-state index contributed by atoms with van der Waals surface area (Å²) in [5.41, 5.74) is 1.76. The van der Waals surface area contributed by atoms with Gasteiger partial charge in [-0.15, -0.1) is 0 Å². The first kappa shape index (κ1) is 26.5. The van der Waals surface area contributed by atoms with E-state index in [1.807, 2.05) is 49.9 Å². The number of carbonyl (C=O) groups is 1. The van der Waals surface area contributed by atoms with Gasteiger partial charge < -0.3 is 9.80 Å². The van der Waals surface area contributed by atoms with Gasteiger partial charge in [-0.2, -0.15) is 4.98 Å². The molecule has 1 amide bonds. The molecule has 4 aromatic rings.